The van der Waals surface area contributed by atoms with Crippen molar-refractivity contribution in [3.05, 3.63) is 0 Å². The van der Waals surface area contributed by atoms with E-state index in [0.29, 0.717) is 13.0 Å². The minimum Gasteiger partial charge on any atom is -0.387 e. The predicted octanol–water partition coefficient (Wildman–Crippen LogP) is -2.04. The lowest BCUT2D eigenvalue weighted by Gasteiger charge is -2.33. The van der Waals surface area contributed by atoms with E-state index in [4.69, 9.17) is 31.3 Å². The van der Waals surface area contributed by atoms with Gasteiger partial charge in [-0.05, 0) is 19.4 Å². The number of aliphatic hydroxyl groups excluding tert-OH is 1. The highest BCUT2D eigenvalue weighted by Crippen LogP contribution is 2.22. The summed E-state index contributed by atoms with van der Waals surface area (Å²) in [6.07, 6.45) is 2.11. The molecule has 17 heavy (non-hydrogen) atoms. The first-order valence-electron chi connectivity index (χ1n) is 5.73. The smallest absolute Gasteiger partial charge is 0.335 e. The van der Waals surface area contributed by atoms with Gasteiger partial charge in [0.2, 0.25) is 0 Å². The molecule has 104 valence electrons. The molecule has 7 nitrogen and oxygen atoms in total. The monoisotopic (exact) mass is 253 g/mol. The Bertz CT molecular complexity index is 203. The van der Waals surface area contributed by atoms with Gasteiger partial charge in [-0.3, -0.25) is 0 Å². The van der Waals surface area contributed by atoms with Crippen LogP contribution in [0.2, 0.25) is 0 Å². The molecule has 7 heteroatoms. The van der Waals surface area contributed by atoms with Gasteiger partial charge in [0.1, 0.15) is 6.10 Å². The summed E-state index contributed by atoms with van der Waals surface area (Å²) in [5.41, 5.74) is 5.31. The van der Waals surface area contributed by atoms with Crippen LogP contribution in [-0.4, -0.2) is 55.0 Å². The van der Waals surface area contributed by atoms with Crippen molar-refractivity contribution in [3.8, 4) is 0 Å². The first kappa shape index (κ1) is 16.7. The van der Waals surface area contributed by atoms with Gasteiger partial charge < -0.3 is 36.4 Å². The van der Waals surface area contributed by atoms with Crippen LogP contribution in [0.1, 0.15) is 38.5 Å². The minimum absolute atomic E-state index is 0.0565. The maximum Gasteiger partial charge on any atom is 0.335 e. The van der Waals surface area contributed by atoms with Crippen LogP contribution in [0, 0.1) is 0 Å². The normalized spacial score (nSPS) is 15.0. The number of aliphatic hydroxyl groups is 6. The van der Waals surface area contributed by atoms with Crippen molar-refractivity contribution in [2.75, 3.05) is 6.54 Å². The lowest BCUT2D eigenvalue weighted by atomic mass is 10.0. The molecule has 0 amide bonds. The number of hydrogen-bond donors (Lipinski definition) is 7. The molecule has 1 atom stereocenters. The van der Waals surface area contributed by atoms with Crippen LogP contribution in [0.3, 0.4) is 0 Å². The van der Waals surface area contributed by atoms with Gasteiger partial charge in [0.25, 0.3) is 5.79 Å². The molecule has 8 N–H and O–H groups in total. The number of unbranched alkanes of at least 4 members (excludes halogenated alkanes) is 4. The number of rotatable bonds is 9. The molecule has 0 radical (unpaired) electrons. The number of hydrogen-bond acceptors (Lipinski definition) is 7. The maximum atomic E-state index is 9.32. The highest BCUT2D eigenvalue weighted by molar-refractivity contribution is 4.81. The first-order chi connectivity index (χ1) is 7.73. The molecule has 0 aliphatic heterocycles. The average Bonchev–Trinajstić information content (AvgIpc) is 2.21. The summed E-state index contributed by atoms with van der Waals surface area (Å²) in [5, 5.41) is 53.4. The fraction of sp³-hybridized carbons (Fsp3) is 1.00. The molecule has 0 aromatic carbocycles. The molecular formula is C10H23NO6. The van der Waals surface area contributed by atoms with E-state index in [2.05, 4.69) is 0 Å². The van der Waals surface area contributed by atoms with Crippen molar-refractivity contribution >= 4 is 0 Å². The topological polar surface area (TPSA) is 147 Å². The lowest BCUT2D eigenvalue weighted by molar-refractivity contribution is -0.464. The molecule has 0 heterocycles. The predicted molar refractivity (Wildman–Crippen MR) is 59.3 cm³/mol. The molecule has 0 saturated carbocycles. The fourth-order valence-electron chi connectivity index (χ4n) is 1.44. The highest BCUT2D eigenvalue weighted by Gasteiger charge is 2.51. The molecule has 0 aliphatic rings. The van der Waals surface area contributed by atoms with E-state index in [1.807, 2.05) is 0 Å². The summed E-state index contributed by atoms with van der Waals surface area (Å²) in [5.74, 6) is -7.10. The Morgan fingerprint density at radius 3 is 1.76 bits per heavy atom. The van der Waals surface area contributed by atoms with Gasteiger partial charge in [0, 0.05) is 0 Å². The van der Waals surface area contributed by atoms with Gasteiger partial charge in [-0.15, -0.1) is 0 Å². The summed E-state index contributed by atoms with van der Waals surface area (Å²) in [7, 11) is 0. The molecule has 0 saturated heterocycles. The molecule has 0 aromatic heterocycles. The van der Waals surface area contributed by atoms with Crippen molar-refractivity contribution in [1.82, 2.24) is 0 Å². The Labute approximate surface area is 100 Å². The summed E-state index contributed by atoms with van der Waals surface area (Å²) in [6.45, 7) is 0.626. The Balaban J connectivity index is 3.82. The van der Waals surface area contributed by atoms with Gasteiger partial charge >= 0.3 is 5.97 Å². The lowest BCUT2D eigenvalue weighted by Crippen LogP contribution is -2.61. The zero-order valence-electron chi connectivity index (χ0n) is 9.79. The molecule has 0 rings (SSSR count). The molecule has 0 fully saturated rings. The first-order valence-corrected chi connectivity index (χ1v) is 5.73. The van der Waals surface area contributed by atoms with E-state index in [0.717, 1.165) is 25.7 Å². The van der Waals surface area contributed by atoms with Gasteiger partial charge in [0.05, 0.1) is 0 Å². The van der Waals surface area contributed by atoms with Gasteiger partial charge in [-0.2, -0.15) is 0 Å². The third-order valence-corrected chi connectivity index (χ3v) is 2.64. The highest BCUT2D eigenvalue weighted by atomic mass is 16.7. The third-order valence-electron chi connectivity index (χ3n) is 2.64. The van der Waals surface area contributed by atoms with Crippen LogP contribution >= 0.6 is 0 Å². The summed E-state index contributed by atoms with van der Waals surface area (Å²) < 4.78 is 0. The third kappa shape index (κ3) is 5.73. The van der Waals surface area contributed by atoms with Crippen molar-refractivity contribution < 1.29 is 30.6 Å². The van der Waals surface area contributed by atoms with Crippen molar-refractivity contribution in [2.24, 2.45) is 5.73 Å². The summed E-state index contributed by atoms with van der Waals surface area (Å²) in [6, 6.07) is 0. The molecule has 0 aromatic rings. The van der Waals surface area contributed by atoms with E-state index in [-0.39, 0.29) is 6.42 Å². The Morgan fingerprint density at radius 2 is 1.29 bits per heavy atom. The van der Waals surface area contributed by atoms with Gasteiger partial charge in [0.15, 0.2) is 0 Å². The molecule has 0 bridgehead atoms. The standard InChI is InChI=1S/C10H23NO6/c11-7-5-3-1-2-4-6-8(12)9(13,14)10(15,16)17/h8,12-17H,1-7,11H2. The van der Waals surface area contributed by atoms with Crippen molar-refractivity contribution in [3.63, 3.8) is 0 Å². The van der Waals surface area contributed by atoms with Crippen LogP contribution in [0.4, 0.5) is 0 Å². The zero-order valence-corrected chi connectivity index (χ0v) is 9.79. The second kappa shape index (κ2) is 7.22. The van der Waals surface area contributed by atoms with Gasteiger partial charge in [-0.1, -0.05) is 25.7 Å². The Morgan fingerprint density at radius 1 is 0.824 bits per heavy atom. The second-order valence-electron chi connectivity index (χ2n) is 4.22. The quantitative estimate of drug-likeness (QED) is 0.185. The SMILES string of the molecule is NCCCCCCCC(O)C(O)(O)C(O)(O)O. The van der Waals surface area contributed by atoms with Crippen molar-refractivity contribution in [1.29, 1.82) is 0 Å². The molecule has 1 unspecified atom stereocenters. The summed E-state index contributed by atoms with van der Waals surface area (Å²) >= 11 is 0. The summed E-state index contributed by atoms with van der Waals surface area (Å²) in [4.78, 5) is 0. The minimum atomic E-state index is -3.74. The Kier molecular flexibility index (Phi) is 7.10. The fourth-order valence-corrected chi connectivity index (χ4v) is 1.44. The van der Waals surface area contributed by atoms with Crippen LogP contribution in [-0.2, 0) is 0 Å². The van der Waals surface area contributed by atoms with Crippen LogP contribution in [0.5, 0.6) is 0 Å². The second-order valence-corrected chi connectivity index (χ2v) is 4.22. The van der Waals surface area contributed by atoms with E-state index in [9.17, 15) is 5.11 Å². The average molecular weight is 253 g/mol. The van der Waals surface area contributed by atoms with Crippen molar-refractivity contribution in [2.45, 2.75) is 56.4 Å². The molecule has 0 spiro atoms. The molecular weight excluding hydrogens is 230 g/mol. The van der Waals surface area contributed by atoms with E-state index in [1.54, 1.807) is 0 Å². The number of nitrogens with two attached hydrogens (primary N) is 1. The van der Waals surface area contributed by atoms with E-state index in [1.165, 1.54) is 0 Å². The van der Waals surface area contributed by atoms with Crippen LogP contribution in [0.15, 0.2) is 0 Å². The van der Waals surface area contributed by atoms with E-state index < -0.39 is 17.9 Å². The van der Waals surface area contributed by atoms with Crippen LogP contribution in [0.25, 0.3) is 0 Å². The largest absolute Gasteiger partial charge is 0.387 e. The zero-order chi connectivity index (χ0) is 13.5. The van der Waals surface area contributed by atoms with Gasteiger partial charge in [-0.25, -0.2) is 0 Å². The Hall–Kier alpha value is -0.280. The maximum absolute atomic E-state index is 9.32. The molecule has 0 aliphatic carbocycles. The van der Waals surface area contributed by atoms with E-state index >= 15 is 0 Å². The van der Waals surface area contributed by atoms with Crippen LogP contribution < -0.4 is 5.73 Å².